The Balaban J connectivity index is 1.81. The summed E-state index contributed by atoms with van der Waals surface area (Å²) >= 11 is 0. The number of aromatic hydroxyl groups is 1. The third kappa shape index (κ3) is 2.52. The maximum absolute atomic E-state index is 12.5. The average Bonchev–Trinajstić information content (AvgIpc) is 3.16. The Kier molecular flexibility index (Phi) is 3.73. The van der Waals surface area contributed by atoms with Crippen molar-refractivity contribution in [3.05, 3.63) is 70.7 Å². The first-order chi connectivity index (χ1) is 12.6. The summed E-state index contributed by atoms with van der Waals surface area (Å²) in [5.74, 6) is -0.524. The zero-order valence-corrected chi connectivity index (χ0v) is 14.3. The van der Waals surface area contributed by atoms with E-state index in [0.29, 0.717) is 33.9 Å². The number of aliphatic imine (C=N–C) groups is 1. The van der Waals surface area contributed by atoms with Gasteiger partial charge in [-0.15, -0.1) is 0 Å². The lowest BCUT2D eigenvalue weighted by molar-refractivity contribution is 0.101. The second-order valence-electron chi connectivity index (χ2n) is 6.06. The van der Waals surface area contributed by atoms with Crippen LogP contribution in [0.25, 0.3) is 17.5 Å². The van der Waals surface area contributed by atoms with Crippen molar-refractivity contribution < 1.29 is 9.90 Å². The molecule has 3 aromatic rings. The van der Waals surface area contributed by atoms with Gasteiger partial charge in [0.25, 0.3) is 5.91 Å². The van der Waals surface area contributed by atoms with Crippen LogP contribution in [0.2, 0.25) is 0 Å². The first-order valence-electron chi connectivity index (χ1n) is 8.19. The Labute approximate surface area is 150 Å². The Hall–Kier alpha value is -3.54. The normalized spacial score (nSPS) is 13.3. The first-order valence-corrected chi connectivity index (χ1v) is 8.19. The number of aromatic amines is 1. The van der Waals surface area contributed by atoms with E-state index >= 15 is 0 Å². The number of amides is 1. The molecule has 6 heteroatoms. The molecule has 0 bridgehead atoms. The summed E-state index contributed by atoms with van der Waals surface area (Å²) in [6.45, 7) is 3.86. The molecule has 0 unspecified atom stereocenters. The highest BCUT2D eigenvalue weighted by Gasteiger charge is 2.34. The molecule has 0 saturated carbocycles. The van der Waals surface area contributed by atoms with Crippen LogP contribution in [-0.4, -0.2) is 31.7 Å². The zero-order valence-electron chi connectivity index (χ0n) is 14.3. The number of carbonyl (C=O) groups is 1. The minimum absolute atomic E-state index is 0.110. The van der Waals surface area contributed by atoms with Gasteiger partial charge in [-0.1, -0.05) is 24.3 Å². The molecule has 0 saturated heterocycles. The molecule has 2 N–H and O–H groups in total. The maximum atomic E-state index is 12.5. The van der Waals surface area contributed by atoms with E-state index in [4.69, 9.17) is 0 Å². The predicted octanol–water partition coefficient (Wildman–Crippen LogP) is 3.51. The van der Waals surface area contributed by atoms with Crippen molar-refractivity contribution in [2.75, 3.05) is 0 Å². The maximum Gasteiger partial charge on any atom is 0.280 e. The standard InChI is InChI=1S/C20H16N4O2/c1-3-4-12-6-8-14(22-10-12)18-16-15(19(25)24-18)17(23-20(16)26)13-7-5-11(2)9-21-13/h3-10,24-25H,1-2H3/b4-3+. The number of nitrogens with zero attached hydrogens (tertiary/aromatic N) is 3. The molecule has 4 heterocycles. The monoisotopic (exact) mass is 344 g/mol. The summed E-state index contributed by atoms with van der Waals surface area (Å²) < 4.78 is 0. The van der Waals surface area contributed by atoms with Crippen molar-refractivity contribution in [1.29, 1.82) is 0 Å². The number of fused-ring (bicyclic) bond motifs is 1. The highest BCUT2D eigenvalue weighted by atomic mass is 16.3. The number of hydrogen-bond acceptors (Lipinski definition) is 4. The highest BCUT2D eigenvalue weighted by Crippen LogP contribution is 2.37. The van der Waals surface area contributed by atoms with Gasteiger partial charge in [-0.05, 0) is 37.1 Å². The number of nitrogens with one attached hydrogen (secondary N) is 1. The van der Waals surface area contributed by atoms with Crippen LogP contribution < -0.4 is 0 Å². The molecule has 1 aliphatic heterocycles. The van der Waals surface area contributed by atoms with Crippen LogP contribution in [0, 0.1) is 6.92 Å². The largest absolute Gasteiger partial charge is 0.494 e. The number of rotatable bonds is 3. The van der Waals surface area contributed by atoms with Gasteiger partial charge in [0.2, 0.25) is 0 Å². The number of pyridine rings is 2. The van der Waals surface area contributed by atoms with Crippen molar-refractivity contribution in [2.45, 2.75) is 13.8 Å². The topological polar surface area (TPSA) is 91.2 Å². The van der Waals surface area contributed by atoms with Crippen LogP contribution in [0.3, 0.4) is 0 Å². The van der Waals surface area contributed by atoms with Crippen LogP contribution in [0.4, 0.5) is 0 Å². The summed E-state index contributed by atoms with van der Waals surface area (Å²) in [6.07, 6.45) is 7.27. The molecule has 26 heavy (non-hydrogen) atoms. The summed E-state index contributed by atoms with van der Waals surface area (Å²) in [7, 11) is 0. The molecule has 0 radical (unpaired) electrons. The van der Waals surface area contributed by atoms with Gasteiger partial charge in [-0.3, -0.25) is 14.8 Å². The van der Waals surface area contributed by atoms with Crippen LogP contribution in [0.5, 0.6) is 5.88 Å². The smallest absolute Gasteiger partial charge is 0.280 e. The minimum Gasteiger partial charge on any atom is -0.494 e. The molecule has 3 aromatic heterocycles. The number of aromatic nitrogens is 3. The first kappa shape index (κ1) is 16.0. The van der Waals surface area contributed by atoms with Crippen LogP contribution in [0.1, 0.15) is 39.7 Å². The Morgan fingerprint density at radius 1 is 1.04 bits per heavy atom. The fourth-order valence-electron chi connectivity index (χ4n) is 2.97. The summed E-state index contributed by atoms with van der Waals surface area (Å²) in [5.41, 5.74) is 4.60. The van der Waals surface area contributed by atoms with E-state index in [1.54, 1.807) is 24.5 Å². The van der Waals surface area contributed by atoms with Crippen molar-refractivity contribution in [3.8, 4) is 17.3 Å². The van der Waals surface area contributed by atoms with Gasteiger partial charge in [0, 0.05) is 12.4 Å². The van der Waals surface area contributed by atoms with E-state index in [-0.39, 0.29) is 5.88 Å². The lowest BCUT2D eigenvalue weighted by Crippen LogP contribution is -2.02. The van der Waals surface area contributed by atoms with E-state index in [1.165, 1.54) is 0 Å². The molecule has 0 aliphatic carbocycles. The fraction of sp³-hybridized carbons (Fsp3) is 0.100. The second kappa shape index (κ2) is 6.07. The summed E-state index contributed by atoms with van der Waals surface area (Å²) in [5, 5.41) is 10.4. The molecule has 0 atom stereocenters. The van der Waals surface area contributed by atoms with E-state index in [1.807, 2.05) is 38.1 Å². The Morgan fingerprint density at radius 3 is 2.46 bits per heavy atom. The lowest BCUT2D eigenvalue weighted by atomic mass is 10.0. The molecule has 0 aromatic carbocycles. The molecular formula is C20H16N4O2. The van der Waals surface area contributed by atoms with E-state index in [9.17, 15) is 9.90 Å². The fourth-order valence-corrected chi connectivity index (χ4v) is 2.97. The highest BCUT2D eigenvalue weighted by molar-refractivity contribution is 6.29. The number of aryl methyl sites for hydroxylation is 1. The number of hydrogen-bond donors (Lipinski definition) is 2. The molecule has 128 valence electrons. The Morgan fingerprint density at radius 2 is 1.81 bits per heavy atom. The van der Waals surface area contributed by atoms with Crippen LogP contribution in [-0.2, 0) is 0 Å². The lowest BCUT2D eigenvalue weighted by Gasteiger charge is -2.00. The van der Waals surface area contributed by atoms with E-state index in [2.05, 4.69) is 19.9 Å². The quantitative estimate of drug-likeness (QED) is 0.760. The van der Waals surface area contributed by atoms with Gasteiger partial charge >= 0.3 is 0 Å². The van der Waals surface area contributed by atoms with Gasteiger partial charge < -0.3 is 10.1 Å². The molecule has 4 rings (SSSR count). The van der Waals surface area contributed by atoms with E-state index < -0.39 is 5.91 Å². The van der Waals surface area contributed by atoms with Gasteiger partial charge in [0.15, 0.2) is 5.88 Å². The second-order valence-corrected chi connectivity index (χ2v) is 6.06. The summed E-state index contributed by atoms with van der Waals surface area (Å²) in [4.78, 5) is 28.2. The summed E-state index contributed by atoms with van der Waals surface area (Å²) in [6, 6.07) is 7.37. The van der Waals surface area contributed by atoms with Gasteiger partial charge in [0.1, 0.15) is 5.71 Å². The van der Waals surface area contributed by atoms with Crippen LogP contribution >= 0.6 is 0 Å². The van der Waals surface area contributed by atoms with Gasteiger partial charge in [-0.2, -0.15) is 0 Å². The number of carbonyl (C=O) groups excluding carboxylic acids is 1. The zero-order chi connectivity index (χ0) is 18.3. The van der Waals surface area contributed by atoms with Gasteiger partial charge in [-0.25, -0.2) is 4.99 Å². The number of H-pyrrole nitrogens is 1. The molecule has 0 spiro atoms. The van der Waals surface area contributed by atoms with E-state index in [0.717, 1.165) is 11.1 Å². The third-order valence-corrected chi connectivity index (χ3v) is 4.20. The number of allylic oxidation sites excluding steroid dienone is 1. The van der Waals surface area contributed by atoms with Crippen molar-refractivity contribution in [3.63, 3.8) is 0 Å². The molecule has 1 amide bonds. The average molecular weight is 344 g/mol. The molecule has 1 aliphatic rings. The van der Waals surface area contributed by atoms with Crippen molar-refractivity contribution in [2.24, 2.45) is 4.99 Å². The van der Waals surface area contributed by atoms with Gasteiger partial charge in [0.05, 0.1) is 28.2 Å². The minimum atomic E-state index is -0.414. The van der Waals surface area contributed by atoms with Crippen molar-refractivity contribution >= 4 is 17.7 Å². The third-order valence-electron chi connectivity index (χ3n) is 4.20. The predicted molar refractivity (Wildman–Crippen MR) is 99.3 cm³/mol. The Bertz CT molecular complexity index is 1060. The molecule has 0 fully saturated rings. The molecule has 6 nitrogen and oxygen atoms in total. The SMILES string of the molecule is C/C=C/c1ccc(-c2[nH]c(O)c3c2C(=O)N=C3c2ccc(C)cn2)nc1. The molecular weight excluding hydrogens is 328 g/mol. The van der Waals surface area contributed by atoms with Crippen LogP contribution in [0.15, 0.2) is 47.7 Å². The van der Waals surface area contributed by atoms with Crippen molar-refractivity contribution in [1.82, 2.24) is 15.0 Å².